The normalized spacial score (nSPS) is 19.0. The van der Waals surface area contributed by atoms with E-state index in [1.807, 2.05) is 51.6 Å². The van der Waals surface area contributed by atoms with Gasteiger partial charge in [0.25, 0.3) is 0 Å². The van der Waals surface area contributed by atoms with Crippen molar-refractivity contribution in [2.75, 3.05) is 19.7 Å². The molecule has 0 amide bonds. The van der Waals surface area contributed by atoms with Crippen LogP contribution in [0.3, 0.4) is 0 Å². The second-order valence-electron chi connectivity index (χ2n) is 6.94. The molecule has 1 aromatic heterocycles. The molecule has 2 aromatic rings. The summed E-state index contributed by atoms with van der Waals surface area (Å²) in [6.45, 7) is 11.5. The lowest BCUT2D eigenvalue weighted by molar-refractivity contribution is -0.00262. The number of morpholine rings is 1. The summed E-state index contributed by atoms with van der Waals surface area (Å²) in [5.41, 5.74) is 4.58. The molecule has 1 saturated heterocycles. The van der Waals surface area contributed by atoms with Gasteiger partial charge in [-0.3, -0.25) is 4.68 Å². The van der Waals surface area contributed by atoms with E-state index in [1.54, 1.807) is 10.5 Å². The lowest BCUT2D eigenvalue weighted by atomic mass is 10.0. The van der Waals surface area contributed by atoms with Crippen LogP contribution < -0.4 is 0 Å². The SMILES string of the molecule is CCn1cc([C@@H]2CN(S(=O)(=O)c3c(C)c(C)cc(C)c3C)CCO2)cn1. The Bertz CT molecular complexity index is 892. The minimum Gasteiger partial charge on any atom is -0.371 e. The molecule has 26 heavy (non-hydrogen) atoms. The van der Waals surface area contributed by atoms with Crippen LogP contribution in [0.25, 0.3) is 0 Å². The third-order valence-electron chi connectivity index (χ3n) is 5.27. The van der Waals surface area contributed by atoms with Gasteiger partial charge in [-0.1, -0.05) is 6.07 Å². The van der Waals surface area contributed by atoms with E-state index in [0.717, 1.165) is 34.4 Å². The molecule has 1 aliphatic heterocycles. The fraction of sp³-hybridized carbons (Fsp3) is 0.526. The Morgan fingerprint density at radius 1 is 1.19 bits per heavy atom. The molecular formula is C19H27N3O3S. The zero-order valence-electron chi connectivity index (χ0n) is 16.1. The van der Waals surface area contributed by atoms with Crippen molar-refractivity contribution in [3.05, 3.63) is 46.3 Å². The van der Waals surface area contributed by atoms with Crippen LogP contribution in [-0.2, 0) is 21.3 Å². The zero-order valence-corrected chi connectivity index (χ0v) is 16.9. The van der Waals surface area contributed by atoms with Gasteiger partial charge in [0.05, 0.1) is 23.8 Å². The molecule has 6 nitrogen and oxygen atoms in total. The molecule has 2 heterocycles. The Morgan fingerprint density at radius 2 is 1.85 bits per heavy atom. The van der Waals surface area contributed by atoms with Crippen molar-refractivity contribution in [1.29, 1.82) is 0 Å². The number of nitrogens with zero attached hydrogens (tertiary/aromatic N) is 3. The molecule has 0 unspecified atom stereocenters. The largest absolute Gasteiger partial charge is 0.371 e. The maximum Gasteiger partial charge on any atom is 0.243 e. The second kappa shape index (κ2) is 7.13. The summed E-state index contributed by atoms with van der Waals surface area (Å²) in [7, 11) is -3.58. The number of aryl methyl sites for hydroxylation is 3. The fourth-order valence-electron chi connectivity index (χ4n) is 3.46. The van der Waals surface area contributed by atoms with Gasteiger partial charge in [0.2, 0.25) is 10.0 Å². The molecule has 7 heteroatoms. The van der Waals surface area contributed by atoms with Gasteiger partial charge in [0.15, 0.2) is 0 Å². The highest BCUT2D eigenvalue weighted by Gasteiger charge is 2.34. The van der Waals surface area contributed by atoms with Crippen molar-refractivity contribution >= 4 is 10.0 Å². The fourth-order valence-corrected chi connectivity index (χ4v) is 5.46. The maximum absolute atomic E-state index is 13.4. The van der Waals surface area contributed by atoms with Crippen LogP contribution >= 0.6 is 0 Å². The first-order valence-electron chi connectivity index (χ1n) is 8.97. The average Bonchev–Trinajstić information content (AvgIpc) is 3.09. The molecular weight excluding hydrogens is 350 g/mol. The summed E-state index contributed by atoms with van der Waals surface area (Å²) >= 11 is 0. The summed E-state index contributed by atoms with van der Waals surface area (Å²) in [4.78, 5) is 0.444. The van der Waals surface area contributed by atoms with Gasteiger partial charge in [-0.25, -0.2) is 8.42 Å². The summed E-state index contributed by atoms with van der Waals surface area (Å²) in [6, 6.07) is 2.05. The summed E-state index contributed by atoms with van der Waals surface area (Å²) in [5, 5.41) is 4.28. The van der Waals surface area contributed by atoms with Crippen molar-refractivity contribution in [3.63, 3.8) is 0 Å². The summed E-state index contributed by atoms with van der Waals surface area (Å²) < 4.78 is 36.1. The lowest BCUT2D eigenvalue weighted by Gasteiger charge is -2.33. The van der Waals surface area contributed by atoms with E-state index in [9.17, 15) is 8.42 Å². The highest BCUT2D eigenvalue weighted by Crippen LogP contribution is 2.31. The van der Waals surface area contributed by atoms with Crippen LogP contribution in [0.2, 0.25) is 0 Å². The number of ether oxygens (including phenoxy) is 1. The standard InChI is InChI=1S/C19H27N3O3S/c1-6-21-11-17(10-20-21)18-12-22(7-8-25-18)26(23,24)19-15(4)13(2)9-14(3)16(19)5/h9-11,18H,6-8,12H2,1-5H3/t18-/m0/s1. The molecule has 142 valence electrons. The van der Waals surface area contributed by atoms with Gasteiger partial charge in [0.1, 0.15) is 0 Å². The van der Waals surface area contributed by atoms with Crippen molar-refractivity contribution in [1.82, 2.24) is 14.1 Å². The van der Waals surface area contributed by atoms with Gasteiger partial charge in [-0.15, -0.1) is 0 Å². The minimum absolute atomic E-state index is 0.287. The molecule has 1 aliphatic rings. The van der Waals surface area contributed by atoms with E-state index < -0.39 is 10.0 Å². The lowest BCUT2D eigenvalue weighted by Crippen LogP contribution is -2.42. The van der Waals surface area contributed by atoms with E-state index in [2.05, 4.69) is 5.10 Å². The first-order valence-corrected chi connectivity index (χ1v) is 10.4. The Labute approximate surface area is 155 Å². The number of benzene rings is 1. The maximum atomic E-state index is 13.4. The Morgan fingerprint density at radius 3 is 2.42 bits per heavy atom. The van der Waals surface area contributed by atoms with Crippen molar-refractivity contribution in [2.45, 2.75) is 52.2 Å². The van der Waals surface area contributed by atoms with Crippen LogP contribution in [0.1, 0.15) is 40.8 Å². The number of aromatic nitrogens is 2. The molecule has 1 fully saturated rings. The molecule has 0 spiro atoms. The van der Waals surface area contributed by atoms with Crippen molar-refractivity contribution in [2.24, 2.45) is 0 Å². The van der Waals surface area contributed by atoms with E-state index >= 15 is 0 Å². The molecule has 3 rings (SSSR count). The van der Waals surface area contributed by atoms with Gasteiger partial charge in [-0.2, -0.15) is 9.40 Å². The minimum atomic E-state index is -3.58. The van der Waals surface area contributed by atoms with Crippen molar-refractivity contribution < 1.29 is 13.2 Å². The topological polar surface area (TPSA) is 64.4 Å². The Balaban J connectivity index is 1.95. The van der Waals surface area contributed by atoms with Gasteiger partial charge in [-0.05, 0) is 56.9 Å². The molecule has 0 N–H and O–H groups in total. The Kier molecular flexibility index (Phi) is 5.23. The van der Waals surface area contributed by atoms with E-state index in [4.69, 9.17) is 4.74 Å². The highest BCUT2D eigenvalue weighted by atomic mass is 32.2. The number of hydrogen-bond acceptors (Lipinski definition) is 4. The monoisotopic (exact) mass is 377 g/mol. The van der Waals surface area contributed by atoms with Crippen LogP contribution in [-0.4, -0.2) is 42.2 Å². The molecule has 0 radical (unpaired) electrons. The Hall–Kier alpha value is -1.70. The molecule has 0 aliphatic carbocycles. The van der Waals surface area contributed by atoms with Crippen molar-refractivity contribution in [3.8, 4) is 0 Å². The van der Waals surface area contributed by atoms with Crippen LogP contribution in [0.5, 0.6) is 0 Å². The van der Waals surface area contributed by atoms with Gasteiger partial charge >= 0.3 is 0 Å². The number of hydrogen-bond donors (Lipinski definition) is 0. The van der Waals surface area contributed by atoms with Gasteiger partial charge in [0, 0.05) is 31.4 Å². The number of sulfonamides is 1. The predicted octanol–water partition coefficient (Wildman–Crippen LogP) is 2.90. The predicted molar refractivity (Wildman–Crippen MR) is 101 cm³/mol. The third-order valence-corrected chi connectivity index (χ3v) is 7.41. The summed E-state index contributed by atoms with van der Waals surface area (Å²) in [6.07, 6.45) is 3.40. The van der Waals surface area contributed by atoms with Crippen LogP contribution in [0.15, 0.2) is 23.4 Å². The smallest absolute Gasteiger partial charge is 0.243 e. The van der Waals surface area contributed by atoms with E-state index in [-0.39, 0.29) is 6.10 Å². The summed E-state index contributed by atoms with van der Waals surface area (Å²) in [5.74, 6) is 0. The quantitative estimate of drug-likeness (QED) is 0.822. The third kappa shape index (κ3) is 3.31. The van der Waals surface area contributed by atoms with E-state index in [0.29, 0.717) is 24.6 Å². The van der Waals surface area contributed by atoms with Crippen LogP contribution in [0.4, 0.5) is 0 Å². The molecule has 0 saturated carbocycles. The number of rotatable bonds is 4. The molecule has 1 aromatic carbocycles. The highest BCUT2D eigenvalue weighted by molar-refractivity contribution is 7.89. The first kappa shape index (κ1) is 19.1. The van der Waals surface area contributed by atoms with Gasteiger partial charge < -0.3 is 4.74 Å². The van der Waals surface area contributed by atoms with E-state index in [1.165, 1.54) is 0 Å². The van der Waals surface area contributed by atoms with Crippen LogP contribution in [0, 0.1) is 27.7 Å². The second-order valence-corrected chi connectivity index (χ2v) is 8.82. The zero-order chi connectivity index (χ0) is 19.1. The average molecular weight is 378 g/mol. The first-order chi connectivity index (χ1) is 12.3. The molecule has 1 atom stereocenters. The molecule has 0 bridgehead atoms.